The Labute approximate surface area is 257 Å². The van der Waals surface area contributed by atoms with Gasteiger partial charge in [-0.2, -0.15) is 0 Å². The van der Waals surface area contributed by atoms with E-state index in [0.29, 0.717) is 44.2 Å². The van der Waals surface area contributed by atoms with Gasteiger partial charge in [0.1, 0.15) is 6.61 Å². The summed E-state index contributed by atoms with van der Waals surface area (Å²) in [5, 5.41) is 0. The molecule has 0 bridgehead atoms. The molecule has 0 spiro atoms. The highest BCUT2D eigenvalue weighted by atomic mass is 127. The lowest BCUT2D eigenvalue weighted by molar-refractivity contribution is -0.117. The van der Waals surface area contributed by atoms with Gasteiger partial charge in [-0.25, -0.2) is 0 Å². The van der Waals surface area contributed by atoms with Gasteiger partial charge in [0.25, 0.3) is 0 Å². The zero-order valence-corrected chi connectivity index (χ0v) is 26.8. The van der Waals surface area contributed by atoms with Gasteiger partial charge >= 0.3 is 0 Å². The smallest absolute Gasteiger partial charge is 0.174 e. The molecule has 7 heteroatoms. The third-order valence-electron chi connectivity index (χ3n) is 8.44. The summed E-state index contributed by atoms with van der Waals surface area (Å²) in [6.45, 7) is 8.49. The Bertz CT molecular complexity index is 1360. The fourth-order valence-electron chi connectivity index (χ4n) is 6.39. The number of carbonyl (C=O) groups excluding carboxylic acids is 2. The van der Waals surface area contributed by atoms with Crippen LogP contribution in [0, 0.1) is 17.4 Å². The molecule has 0 atom stereocenters. The molecule has 0 saturated carbocycles. The zero-order valence-electron chi connectivity index (χ0n) is 24.6. The van der Waals surface area contributed by atoms with Gasteiger partial charge in [-0.3, -0.25) is 9.59 Å². The lowest BCUT2D eigenvalue weighted by Crippen LogP contribution is -2.39. The summed E-state index contributed by atoms with van der Waals surface area (Å²) in [4.78, 5) is 29.6. The average Bonchev–Trinajstić information content (AvgIpc) is 2.95. The molecular weight excluding hydrogens is 629 g/mol. The fourth-order valence-corrected chi connectivity index (χ4v) is 7.17. The number of hydrogen-bond donors (Lipinski definition) is 0. The number of carbonyl (C=O) groups is 2. The van der Waals surface area contributed by atoms with Gasteiger partial charge in [0, 0.05) is 61.6 Å². The predicted octanol–water partition coefficient (Wildman–Crippen LogP) is 7.34. The Balaban J connectivity index is 1.58. The van der Waals surface area contributed by atoms with Crippen LogP contribution in [0.4, 0.5) is 0 Å². The largest absolute Gasteiger partial charge is 0.490 e. The maximum absolute atomic E-state index is 13.6. The van der Waals surface area contributed by atoms with Gasteiger partial charge < -0.3 is 19.1 Å². The number of methoxy groups -OCH3 is 1. The van der Waals surface area contributed by atoms with Crippen LogP contribution in [0.3, 0.4) is 0 Å². The summed E-state index contributed by atoms with van der Waals surface area (Å²) in [6.07, 6.45) is 5.26. The monoisotopic (exact) mass is 669 g/mol. The average molecular weight is 670 g/mol. The molecule has 0 fully saturated rings. The third kappa shape index (κ3) is 6.12. The molecule has 1 heterocycles. The molecule has 0 radical (unpaired) electrons. The maximum atomic E-state index is 13.6. The summed E-state index contributed by atoms with van der Waals surface area (Å²) in [6, 6.07) is 10.5. The number of Topliss-reactive ketones (excluding diaryl/α,β-unsaturated/α-hetero) is 2. The number of ketones is 2. The van der Waals surface area contributed by atoms with Crippen LogP contribution in [0.5, 0.6) is 11.5 Å². The van der Waals surface area contributed by atoms with Gasteiger partial charge in [0.15, 0.2) is 23.1 Å². The number of rotatable bonds is 10. The number of aryl methyl sites for hydroxylation is 2. The topological polar surface area (TPSA) is 65.1 Å². The molecule has 2 aliphatic carbocycles. The number of allylic oxidation sites excluding steroid dienone is 4. The lowest BCUT2D eigenvalue weighted by Gasteiger charge is -2.44. The normalized spacial score (nSPS) is 17.6. The van der Waals surface area contributed by atoms with Crippen LogP contribution in [0.2, 0.25) is 0 Å². The molecule has 6 nitrogen and oxygen atoms in total. The number of ether oxygens (including phenoxy) is 3. The van der Waals surface area contributed by atoms with Gasteiger partial charge in [-0.15, -0.1) is 0 Å². The van der Waals surface area contributed by atoms with Gasteiger partial charge in [-0.1, -0.05) is 18.2 Å². The molecule has 0 amide bonds. The van der Waals surface area contributed by atoms with Crippen LogP contribution < -0.4 is 9.47 Å². The molecular formula is C34H40INO5. The quantitative estimate of drug-likeness (QED) is 0.195. The lowest BCUT2D eigenvalue weighted by atomic mass is 9.71. The summed E-state index contributed by atoms with van der Waals surface area (Å²) in [5.74, 6) is 1.28. The second kappa shape index (κ2) is 13.1. The van der Waals surface area contributed by atoms with Crippen molar-refractivity contribution in [2.75, 3.05) is 26.9 Å². The number of hydrogen-bond acceptors (Lipinski definition) is 6. The molecule has 0 N–H and O–H groups in total. The molecule has 2 aromatic carbocycles. The highest BCUT2D eigenvalue weighted by molar-refractivity contribution is 14.1. The summed E-state index contributed by atoms with van der Waals surface area (Å²) in [7, 11) is 1.71. The number of halogens is 1. The van der Waals surface area contributed by atoms with Gasteiger partial charge in [-0.05, 0) is 110 Å². The van der Waals surface area contributed by atoms with Gasteiger partial charge in [0.05, 0.1) is 10.2 Å². The minimum absolute atomic E-state index is 0.154. The molecule has 0 unspecified atom stereocenters. The minimum atomic E-state index is -0.374. The molecule has 2 aromatic rings. The van der Waals surface area contributed by atoms with Crippen LogP contribution in [0.1, 0.15) is 80.0 Å². The maximum Gasteiger partial charge on any atom is 0.174 e. The second-order valence-corrected chi connectivity index (χ2v) is 12.3. The van der Waals surface area contributed by atoms with Crippen molar-refractivity contribution in [1.82, 2.24) is 4.90 Å². The molecule has 0 aromatic heterocycles. The zero-order chi connectivity index (χ0) is 29.1. The van der Waals surface area contributed by atoms with Crippen molar-refractivity contribution in [3.63, 3.8) is 0 Å². The van der Waals surface area contributed by atoms with Crippen molar-refractivity contribution in [3.8, 4) is 11.5 Å². The van der Waals surface area contributed by atoms with E-state index in [9.17, 15) is 9.59 Å². The first-order valence-corrected chi connectivity index (χ1v) is 15.9. The van der Waals surface area contributed by atoms with Gasteiger partial charge in [0.2, 0.25) is 0 Å². The van der Waals surface area contributed by atoms with Crippen molar-refractivity contribution >= 4 is 34.2 Å². The van der Waals surface area contributed by atoms with E-state index in [1.165, 1.54) is 11.1 Å². The molecule has 41 heavy (non-hydrogen) atoms. The van der Waals surface area contributed by atoms with E-state index in [2.05, 4.69) is 65.6 Å². The first-order chi connectivity index (χ1) is 19.8. The molecule has 0 saturated heterocycles. The van der Waals surface area contributed by atoms with E-state index >= 15 is 0 Å². The first kappa shape index (κ1) is 29.8. The summed E-state index contributed by atoms with van der Waals surface area (Å²) in [5.41, 5.74) is 8.30. The van der Waals surface area contributed by atoms with E-state index in [0.717, 1.165) is 75.9 Å². The van der Waals surface area contributed by atoms with Crippen molar-refractivity contribution in [3.05, 3.63) is 78.7 Å². The Morgan fingerprint density at radius 1 is 0.902 bits per heavy atom. The van der Waals surface area contributed by atoms with Crippen molar-refractivity contribution < 1.29 is 23.8 Å². The minimum Gasteiger partial charge on any atom is -0.490 e. The third-order valence-corrected chi connectivity index (χ3v) is 9.24. The first-order valence-electron chi connectivity index (χ1n) is 14.8. The number of nitrogens with zero attached hydrogens (tertiary/aromatic N) is 1. The molecule has 1 aliphatic heterocycles. The molecule has 3 aliphatic rings. The summed E-state index contributed by atoms with van der Waals surface area (Å²) >= 11 is 2.30. The van der Waals surface area contributed by atoms with Crippen LogP contribution >= 0.6 is 22.6 Å². The van der Waals surface area contributed by atoms with E-state index in [4.69, 9.17) is 14.2 Å². The number of benzene rings is 2. The Morgan fingerprint density at radius 3 is 2.20 bits per heavy atom. The van der Waals surface area contributed by atoms with E-state index in [-0.39, 0.29) is 17.5 Å². The Kier molecular flexibility index (Phi) is 9.54. The van der Waals surface area contributed by atoms with Crippen molar-refractivity contribution in [2.24, 2.45) is 0 Å². The highest BCUT2D eigenvalue weighted by Crippen LogP contribution is 2.50. The molecule has 5 rings (SSSR count). The summed E-state index contributed by atoms with van der Waals surface area (Å²) < 4.78 is 18.7. The van der Waals surface area contributed by atoms with Crippen molar-refractivity contribution in [2.45, 2.75) is 78.2 Å². The Hall–Kier alpha value is -2.65. The fraction of sp³-hybridized carbons (Fsp3) is 0.471. The SMILES string of the molecule is CCOc1cc(C2C3=C(CCCC3=O)N(CCCOC)C3=C2C(=O)CCC3)cc(I)c1OCc1ccc(C)c(C)c1. The van der Waals surface area contributed by atoms with Crippen molar-refractivity contribution in [1.29, 1.82) is 0 Å². The van der Waals surface area contributed by atoms with E-state index < -0.39 is 0 Å². The molecule has 218 valence electrons. The van der Waals surface area contributed by atoms with E-state index in [1.54, 1.807) is 7.11 Å². The standard InChI is InChI=1S/C34H40INO5/c1-5-40-30-19-24(18-25(35)34(30)41-20-23-14-13-21(2)22(3)17-23)31-32-26(9-6-11-28(32)37)36(15-8-16-39-4)27-10-7-12-29(38)33(27)31/h13-14,17-19,31H,5-12,15-16,20H2,1-4H3. The van der Waals surface area contributed by atoms with Crippen LogP contribution in [0.15, 0.2) is 52.9 Å². The van der Waals surface area contributed by atoms with Crippen LogP contribution in [-0.2, 0) is 20.9 Å². The predicted molar refractivity (Wildman–Crippen MR) is 168 cm³/mol. The highest BCUT2D eigenvalue weighted by Gasteiger charge is 2.43. The van der Waals surface area contributed by atoms with Crippen LogP contribution in [0.25, 0.3) is 0 Å². The van der Waals surface area contributed by atoms with Crippen LogP contribution in [-0.4, -0.2) is 43.3 Å². The Morgan fingerprint density at radius 2 is 1.59 bits per heavy atom. The second-order valence-electron chi connectivity index (χ2n) is 11.2. The van der Waals surface area contributed by atoms with E-state index in [1.807, 2.05) is 13.0 Å².